The van der Waals surface area contributed by atoms with E-state index in [4.69, 9.17) is 4.74 Å². The number of ether oxygens (including phenoxy) is 1. The van der Waals surface area contributed by atoms with Crippen LogP contribution < -0.4 is 5.11 Å². The third kappa shape index (κ3) is 3.08. The molecule has 1 heterocycles. The highest BCUT2D eigenvalue weighted by molar-refractivity contribution is 5.72. The summed E-state index contributed by atoms with van der Waals surface area (Å²) in [6.45, 7) is 2.47. The van der Waals surface area contributed by atoms with Crippen LogP contribution in [0, 0.1) is 5.92 Å². The van der Waals surface area contributed by atoms with Gasteiger partial charge in [0.25, 0.3) is 6.09 Å². The molecule has 0 bridgehead atoms. The number of carbonyl (C=O) groups excluding carboxylic acids is 2. The van der Waals surface area contributed by atoms with Gasteiger partial charge >= 0.3 is 5.97 Å². The average Bonchev–Trinajstić information content (AvgIpc) is 2.49. The van der Waals surface area contributed by atoms with Gasteiger partial charge in [0.2, 0.25) is 0 Å². The van der Waals surface area contributed by atoms with E-state index in [1.807, 2.05) is 37.3 Å². The van der Waals surface area contributed by atoms with Crippen LogP contribution in [0.2, 0.25) is 0 Å². The molecule has 1 fully saturated rings. The first-order valence-corrected chi connectivity index (χ1v) is 7.19. The lowest BCUT2D eigenvalue weighted by Gasteiger charge is -2.47. The lowest BCUT2D eigenvalue weighted by Crippen LogP contribution is -2.66. The number of amides is 1. The molecule has 0 radical (unpaired) electrons. The lowest BCUT2D eigenvalue weighted by atomic mass is 9.90. The second kappa shape index (κ2) is 6.26. The fraction of sp³-hybridized carbons (Fsp3) is 0.500. The summed E-state index contributed by atoms with van der Waals surface area (Å²) in [5.41, 5.74) is 0.930. The Morgan fingerprint density at radius 1 is 1.29 bits per heavy atom. The zero-order valence-corrected chi connectivity index (χ0v) is 12.5. The first kappa shape index (κ1) is 15.5. The van der Waals surface area contributed by atoms with E-state index in [-0.39, 0.29) is 29.0 Å². The molecule has 2 rings (SSSR count). The van der Waals surface area contributed by atoms with Crippen LogP contribution in [0.3, 0.4) is 0 Å². The highest BCUT2D eigenvalue weighted by atomic mass is 16.5. The fourth-order valence-electron chi connectivity index (χ4n) is 3.16. The molecule has 1 amide bonds. The van der Waals surface area contributed by atoms with Crippen LogP contribution in [0.15, 0.2) is 30.3 Å². The van der Waals surface area contributed by atoms with Crippen molar-refractivity contribution in [2.45, 2.75) is 32.4 Å². The fourth-order valence-corrected chi connectivity index (χ4v) is 3.16. The Bertz CT molecular complexity index is 516. The summed E-state index contributed by atoms with van der Waals surface area (Å²) in [5, 5.41) is 11.9. The number of esters is 1. The summed E-state index contributed by atoms with van der Waals surface area (Å²) in [7, 11) is 1.34. The molecule has 1 saturated heterocycles. The first-order chi connectivity index (χ1) is 9.99. The van der Waals surface area contributed by atoms with Crippen LogP contribution in [0.4, 0.5) is 4.79 Å². The summed E-state index contributed by atoms with van der Waals surface area (Å²) in [6.07, 6.45) is 0.205. The number of rotatable bonds is 3. The van der Waals surface area contributed by atoms with Gasteiger partial charge in [-0.2, -0.15) is 0 Å². The van der Waals surface area contributed by atoms with Gasteiger partial charge in [-0.05, 0) is 13.3 Å². The number of carbonyl (C=O) groups is 2. The molecule has 5 heteroatoms. The number of quaternary nitrogens is 1. The van der Waals surface area contributed by atoms with Crippen molar-refractivity contribution < 1.29 is 23.9 Å². The van der Waals surface area contributed by atoms with Crippen molar-refractivity contribution >= 4 is 12.1 Å². The number of nitrogens with zero attached hydrogens (tertiary/aromatic N) is 1. The van der Waals surface area contributed by atoms with E-state index in [1.54, 1.807) is 0 Å². The third-order valence-corrected chi connectivity index (χ3v) is 4.53. The van der Waals surface area contributed by atoms with Gasteiger partial charge in [0.15, 0.2) is 0 Å². The smallest absolute Gasteiger partial charge is 0.314 e. The van der Waals surface area contributed by atoms with Gasteiger partial charge in [0.05, 0.1) is 19.7 Å². The van der Waals surface area contributed by atoms with E-state index in [0.717, 1.165) is 5.56 Å². The summed E-state index contributed by atoms with van der Waals surface area (Å²) in [6, 6.07) is 9.37. The summed E-state index contributed by atoms with van der Waals surface area (Å²) in [4.78, 5) is 23.6. The van der Waals surface area contributed by atoms with E-state index in [2.05, 4.69) is 0 Å². The predicted octanol–water partition coefficient (Wildman–Crippen LogP) is 1.32. The molecule has 21 heavy (non-hydrogen) atoms. The van der Waals surface area contributed by atoms with E-state index >= 15 is 0 Å². The Balaban J connectivity index is 2.30. The first-order valence-electron chi connectivity index (χ1n) is 7.19. The third-order valence-electron chi connectivity index (χ3n) is 4.53. The van der Waals surface area contributed by atoms with Gasteiger partial charge in [-0.25, -0.2) is 0 Å². The summed E-state index contributed by atoms with van der Waals surface area (Å²) in [5.74, 6) is -0.716. The van der Waals surface area contributed by atoms with Gasteiger partial charge in [0, 0.05) is 12.0 Å². The van der Waals surface area contributed by atoms with Crippen molar-refractivity contribution in [2.24, 2.45) is 5.92 Å². The molecule has 3 atom stereocenters. The van der Waals surface area contributed by atoms with Crippen molar-refractivity contribution in [3.05, 3.63) is 35.9 Å². The van der Waals surface area contributed by atoms with Gasteiger partial charge in [-0.1, -0.05) is 30.3 Å². The van der Waals surface area contributed by atoms with E-state index in [1.165, 1.54) is 7.11 Å². The van der Waals surface area contributed by atoms with Crippen LogP contribution in [0.5, 0.6) is 0 Å². The van der Waals surface area contributed by atoms with Crippen LogP contribution >= 0.6 is 0 Å². The molecular formula is C16H21NO4. The number of hydrogen-bond acceptors (Lipinski definition) is 4. The van der Waals surface area contributed by atoms with Crippen molar-refractivity contribution in [1.29, 1.82) is 0 Å². The van der Waals surface area contributed by atoms with Crippen molar-refractivity contribution in [3.63, 3.8) is 0 Å². The number of carboxylic acid groups (broad SMARTS) is 1. The molecule has 0 spiro atoms. The summed E-state index contributed by atoms with van der Waals surface area (Å²) < 4.78 is 4.57. The molecule has 5 nitrogen and oxygen atoms in total. The number of methoxy groups -OCH3 is 1. The molecule has 0 saturated carbocycles. The van der Waals surface area contributed by atoms with Gasteiger partial charge in [-0.15, -0.1) is 0 Å². The Kier molecular flexibility index (Phi) is 4.63. The standard InChI is InChI=1S/C16H21NO4/c1-12-8-9-14(15(18)21-2)11-17(12,16(19)20)10-13-6-4-3-5-7-13/h3-7,12,14H,8-11H2,1-2H3/t12-,14+,17?/m1/s1. The predicted molar refractivity (Wildman–Crippen MR) is 74.9 cm³/mol. The molecule has 1 unspecified atom stereocenters. The number of likely N-dealkylation sites (tertiary alicyclic amines) is 1. The Morgan fingerprint density at radius 2 is 1.95 bits per heavy atom. The van der Waals surface area contributed by atoms with E-state index in [0.29, 0.717) is 19.4 Å². The average molecular weight is 291 g/mol. The molecule has 114 valence electrons. The normalized spacial score (nSPS) is 28.9. The van der Waals surface area contributed by atoms with Gasteiger partial charge < -0.3 is 14.6 Å². The number of benzene rings is 1. The quantitative estimate of drug-likeness (QED) is 0.622. The zero-order valence-electron chi connectivity index (χ0n) is 12.5. The largest absolute Gasteiger partial charge is 0.498 e. The van der Waals surface area contributed by atoms with Crippen LogP contribution in [-0.2, 0) is 16.1 Å². The minimum atomic E-state index is -1.13. The maximum absolute atomic E-state index is 11.9. The lowest BCUT2D eigenvalue weighted by molar-refractivity contribution is -0.917. The molecule has 1 aliphatic heterocycles. The van der Waals surface area contributed by atoms with Gasteiger partial charge in [-0.3, -0.25) is 9.28 Å². The van der Waals surface area contributed by atoms with Crippen LogP contribution in [0.25, 0.3) is 0 Å². The van der Waals surface area contributed by atoms with Gasteiger partial charge in [0.1, 0.15) is 12.5 Å². The maximum atomic E-state index is 11.9. The van der Waals surface area contributed by atoms with Crippen LogP contribution in [-0.4, -0.2) is 36.2 Å². The minimum Gasteiger partial charge on any atom is -0.498 e. The molecular weight excluding hydrogens is 270 g/mol. The number of hydrogen-bond donors (Lipinski definition) is 0. The SMILES string of the molecule is COC(=O)[C@H]1CC[C@@H](C)[N+](Cc2ccccc2)(C(=O)[O-])C1. The number of piperidine rings is 1. The Labute approximate surface area is 124 Å². The Morgan fingerprint density at radius 3 is 2.52 bits per heavy atom. The summed E-state index contributed by atoms with van der Waals surface area (Å²) >= 11 is 0. The topological polar surface area (TPSA) is 66.4 Å². The van der Waals surface area contributed by atoms with E-state index < -0.39 is 6.09 Å². The van der Waals surface area contributed by atoms with Crippen molar-refractivity contribution in [1.82, 2.24) is 0 Å². The molecule has 0 N–H and O–H groups in total. The molecule has 1 aliphatic rings. The molecule has 1 aromatic rings. The van der Waals surface area contributed by atoms with E-state index in [9.17, 15) is 14.7 Å². The monoisotopic (exact) mass is 291 g/mol. The second-order valence-electron chi connectivity index (χ2n) is 5.77. The highest BCUT2D eigenvalue weighted by Gasteiger charge is 2.45. The second-order valence-corrected chi connectivity index (χ2v) is 5.77. The zero-order chi connectivity index (χ0) is 15.5. The maximum Gasteiger partial charge on any atom is 0.314 e. The highest BCUT2D eigenvalue weighted by Crippen LogP contribution is 2.32. The minimum absolute atomic E-state index is 0.0869. The molecule has 1 aromatic carbocycles. The van der Waals surface area contributed by atoms with Crippen molar-refractivity contribution in [2.75, 3.05) is 13.7 Å². The van der Waals surface area contributed by atoms with Crippen LogP contribution in [0.1, 0.15) is 25.3 Å². The van der Waals surface area contributed by atoms with Crippen molar-refractivity contribution in [3.8, 4) is 0 Å². The molecule has 0 aliphatic carbocycles. The molecule has 0 aromatic heterocycles. The Hall–Kier alpha value is -1.88.